The van der Waals surface area contributed by atoms with E-state index in [0.717, 1.165) is 35.4 Å². The normalized spacial score (nSPS) is 15.5. The third-order valence-electron chi connectivity index (χ3n) is 8.35. The quantitative estimate of drug-likeness (QED) is 0.234. The molecule has 2 aliphatic rings. The Bertz CT molecular complexity index is 1890. The van der Waals surface area contributed by atoms with Gasteiger partial charge in [0.15, 0.2) is 0 Å². The second kappa shape index (κ2) is 15.7. The van der Waals surface area contributed by atoms with E-state index in [2.05, 4.69) is 15.7 Å². The fourth-order valence-electron chi connectivity index (χ4n) is 5.89. The van der Waals surface area contributed by atoms with Gasteiger partial charge in [0.05, 0.1) is 24.6 Å². The number of carbonyl (C=O) groups is 4. The fourth-order valence-corrected chi connectivity index (χ4v) is 5.89. The number of likely N-dealkylation sites (N-methyl/N-ethyl adjacent to an activating group) is 1. The lowest BCUT2D eigenvalue weighted by Crippen LogP contribution is -2.53. The van der Waals surface area contributed by atoms with Crippen molar-refractivity contribution in [3.63, 3.8) is 0 Å². The van der Waals surface area contributed by atoms with Gasteiger partial charge in [-0.05, 0) is 62.1 Å². The number of fused-ring (bicyclic) bond motifs is 1. The number of alkyl halides is 3. The standard InChI is InChI=1S/C22H19F3N4O2.C15H17NO3/c1-2-28-20-15(13-26-29(20)17-9-4-3-5-10-17)12-18(21(28)31)27-19(30)14-7-6-8-16(11-14)22(23,24)25;1-19-15(18)13-9-5-8-12(13)14(17)16-10-11-6-3-2-4-7-11/h3-11,13,18H,2,12H2,1H3,(H,27,30);2-4,6-7H,5,8-10H2,1H3,(H,16,17). The number of aromatic nitrogens is 2. The zero-order valence-corrected chi connectivity index (χ0v) is 27.5. The van der Waals surface area contributed by atoms with Crippen molar-refractivity contribution >= 4 is 29.5 Å². The first-order valence-corrected chi connectivity index (χ1v) is 16.1. The molecule has 2 N–H and O–H groups in total. The van der Waals surface area contributed by atoms with E-state index in [9.17, 15) is 32.3 Å². The van der Waals surface area contributed by atoms with E-state index in [0.29, 0.717) is 42.9 Å². The summed E-state index contributed by atoms with van der Waals surface area (Å²) in [6.07, 6.45) is -0.621. The van der Waals surface area contributed by atoms with E-state index < -0.39 is 23.7 Å². The van der Waals surface area contributed by atoms with Crippen molar-refractivity contribution in [1.29, 1.82) is 0 Å². The molecule has 0 saturated carbocycles. The van der Waals surface area contributed by atoms with Crippen molar-refractivity contribution in [2.75, 3.05) is 18.6 Å². The van der Waals surface area contributed by atoms with Crippen molar-refractivity contribution in [2.45, 2.75) is 51.4 Å². The van der Waals surface area contributed by atoms with Crippen LogP contribution in [0.15, 0.2) is 102 Å². The van der Waals surface area contributed by atoms with E-state index in [1.807, 2.05) is 60.7 Å². The summed E-state index contributed by atoms with van der Waals surface area (Å²) in [5.74, 6) is -1.00. The Morgan fingerprint density at radius 2 is 1.60 bits per heavy atom. The SMILES string of the molecule is CCN1C(=O)C(NC(=O)c2cccc(C(F)(F)F)c2)Cc2cnn(-c3ccccc3)c21.COC(=O)C1=C(C(=O)NCc2ccccc2)CCC1. The number of methoxy groups -OCH3 is 1. The highest BCUT2D eigenvalue weighted by atomic mass is 19.4. The average molecular weight is 688 g/mol. The number of anilines is 1. The van der Waals surface area contributed by atoms with Crippen LogP contribution in [-0.4, -0.2) is 53.2 Å². The number of benzene rings is 3. The summed E-state index contributed by atoms with van der Waals surface area (Å²) in [6, 6.07) is 22.2. The molecule has 0 spiro atoms. The van der Waals surface area contributed by atoms with E-state index in [-0.39, 0.29) is 29.8 Å². The summed E-state index contributed by atoms with van der Waals surface area (Å²) in [7, 11) is 1.34. The zero-order valence-electron chi connectivity index (χ0n) is 27.5. The van der Waals surface area contributed by atoms with Gasteiger partial charge in [0.1, 0.15) is 11.9 Å². The van der Waals surface area contributed by atoms with Crippen LogP contribution in [0.4, 0.5) is 19.0 Å². The Labute approximate surface area is 286 Å². The zero-order chi connectivity index (χ0) is 35.8. The first-order valence-electron chi connectivity index (χ1n) is 16.1. The van der Waals surface area contributed by atoms with Crippen molar-refractivity contribution in [3.05, 3.63) is 125 Å². The first kappa shape index (κ1) is 35.6. The van der Waals surface area contributed by atoms with Crippen LogP contribution in [0.5, 0.6) is 0 Å². The number of nitrogens with zero attached hydrogens (tertiary/aromatic N) is 3. The molecule has 2 heterocycles. The molecule has 3 aromatic carbocycles. The molecule has 0 radical (unpaired) electrons. The highest BCUT2D eigenvalue weighted by Gasteiger charge is 2.37. The van der Waals surface area contributed by atoms with E-state index in [4.69, 9.17) is 4.74 Å². The smallest absolute Gasteiger partial charge is 0.416 e. The van der Waals surface area contributed by atoms with Crippen molar-refractivity contribution in [2.24, 2.45) is 0 Å². The number of carbonyl (C=O) groups excluding carboxylic acids is 4. The lowest BCUT2D eigenvalue weighted by atomic mass is 10.0. The molecule has 50 heavy (non-hydrogen) atoms. The maximum absolute atomic E-state index is 13.1. The number of rotatable bonds is 8. The lowest BCUT2D eigenvalue weighted by Gasteiger charge is -2.32. The topological polar surface area (TPSA) is 123 Å². The van der Waals surface area contributed by atoms with Crippen molar-refractivity contribution in [3.8, 4) is 5.69 Å². The van der Waals surface area contributed by atoms with Gasteiger partial charge in [0.2, 0.25) is 5.91 Å². The molecule has 1 aliphatic heterocycles. The fraction of sp³-hybridized carbons (Fsp3) is 0.270. The summed E-state index contributed by atoms with van der Waals surface area (Å²) in [5.41, 5.74) is 2.61. The predicted octanol–water partition coefficient (Wildman–Crippen LogP) is 5.56. The lowest BCUT2D eigenvalue weighted by molar-refractivity contribution is -0.138. The Balaban J connectivity index is 0.000000219. The molecule has 1 atom stereocenters. The van der Waals surface area contributed by atoms with Crippen LogP contribution in [0.1, 0.15) is 53.2 Å². The summed E-state index contributed by atoms with van der Waals surface area (Å²) in [4.78, 5) is 50.8. The molecule has 3 amide bonds. The molecule has 4 aromatic rings. The van der Waals surface area contributed by atoms with Gasteiger partial charge in [0, 0.05) is 41.8 Å². The molecule has 13 heteroatoms. The van der Waals surface area contributed by atoms with Gasteiger partial charge in [-0.2, -0.15) is 18.3 Å². The van der Waals surface area contributed by atoms with Crippen LogP contribution in [0.25, 0.3) is 5.69 Å². The number of amides is 3. The summed E-state index contributed by atoms with van der Waals surface area (Å²) >= 11 is 0. The summed E-state index contributed by atoms with van der Waals surface area (Å²) < 4.78 is 45.2. The molecule has 260 valence electrons. The van der Waals surface area contributed by atoms with Crippen LogP contribution in [0, 0.1) is 0 Å². The number of hydrogen-bond acceptors (Lipinski definition) is 6. The van der Waals surface area contributed by atoms with Gasteiger partial charge in [-0.25, -0.2) is 9.48 Å². The second-order valence-electron chi connectivity index (χ2n) is 11.6. The molecule has 6 rings (SSSR count). The molecule has 1 aliphatic carbocycles. The largest absolute Gasteiger partial charge is 0.466 e. The second-order valence-corrected chi connectivity index (χ2v) is 11.6. The average Bonchev–Trinajstić information content (AvgIpc) is 3.80. The number of nitrogens with one attached hydrogen (secondary N) is 2. The minimum atomic E-state index is -4.56. The van der Waals surface area contributed by atoms with Crippen LogP contribution in [-0.2, 0) is 38.3 Å². The molecule has 0 bridgehead atoms. The van der Waals surface area contributed by atoms with Gasteiger partial charge in [-0.1, -0.05) is 54.6 Å². The molecule has 0 saturated heterocycles. The number of hydrogen-bond donors (Lipinski definition) is 2. The Hall–Kier alpha value is -5.72. The highest BCUT2D eigenvalue weighted by Crippen LogP contribution is 2.32. The van der Waals surface area contributed by atoms with Gasteiger partial charge >= 0.3 is 12.1 Å². The van der Waals surface area contributed by atoms with Crippen molar-refractivity contribution in [1.82, 2.24) is 20.4 Å². The number of para-hydroxylation sites is 1. The molecular formula is C37H36F3N5O5. The number of esters is 1. The minimum absolute atomic E-state index is 0.156. The highest BCUT2D eigenvalue weighted by molar-refractivity contribution is 6.04. The maximum atomic E-state index is 13.1. The monoisotopic (exact) mass is 687 g/mol. The number of ether oxygens (including phenoxy) is 1. The first-order chi connectivity index (χ1) is 24.0. The molecule has 1 aromatic heterocycles. The molecule has 0 fully saturated rings. The molecule has 1 unspecified atom stereocenters. The Morgan fingerprint density at radius 3 is 2.26 bits per heavy atom. The minimum Gasteiger partial charge on any atom is -0.466 e. The summed E-state index contributed by atoms with van der Waals surface area (Å²) in [5, 5.41) is 9.82. The summed E-state index contributed by atoms with van der Waals surface area (Å²) in [6.45, 7) is 2.62. The van der Waals surface area contributed by atoms with E-state index in [1.54, 1.807) is 17.8 Å². The molecule has 10 nitrogen and oxygen atoms in total. The maximum Gasteiger partial charge on any atom is 0.416 e. The van der Waals surface area contributed by atoms with Gasteiger partial charge in [-0.3, -0.25) is 19.3 Å². The van der Waals surface area contributed by atoms with E-state index >= 15 is 0 Å². The third-order valence-corrected chi connectivity index (χ3v) is 8.35. The van der Waals surface area contributed by atoms with Gasteiger partial charge in [0.25, 0.3) is 11.8 Å². The van der Waals surface area contributed by atoms with Crippen LogP contribution < -0.4 is 15.5 Å². The van der Waals surface area contributed by atoms with Crippen LogP contribution in [0.2, 0.25) is 0 Å². The van der Waals surface area contributed by atoms with E-state index in [1.165, 1.54) is 24.1 Å². The van der Waals surface area contributed by atoms with Crippen LogP contribution >= 0.6 is 0 Å². The van der Waals surface area contributed by atoms with Crippen molar-refractivity contribution < 1.29 is 37.1 Å². The third kappa shape index (κ3) is 8.11. The predicted molar refractivity (Wildman–Crippen MR) is 179 cm³/mol. The van der Waals surface area contributed by atoms with Gasteiger partial charge < -0.3 is 15.4 Å². The van der Waals surface area contributed by atoms with Gasteiger partial charge in [-0.15, -0.1) is 0 Å². The molecular weight excluding hydrogens is 651 g/mol. The van der Waals surface area contributed by atoms with Crippen LogP contribution in [0.3, 0.4) is 0 Å². The Kier molecular flexibility index (Phi) is 11.1. The number of halogens is 3. The Morgan fingerprint density at radius 1 is 0.920 bits per heavy atom.